The fourth-order valence-electron chi connectivity index (χ4n) is 2.61. The lowest BCUT2D eigenvalue weighted by molar-refractivity contribution is 0.322. The third-order valence-corrected chi connectivity index (χ3v) is 5.84. The summed E-state index contributed by atoms with van der Waals surface area (Å²) in [4.78, 5) is 38.4. The minimum atomic E-state index is -0.622. The van der Waals surface area contributed by atoms with Gasteiger partial charge in [-0.1, -0.05) is 30.3 Å². The molecule has 2 N–H and O–H groups in total. The van der Waals surface area contributed by atoms with Gasteiger partial charge in [-0.3, -0.25) is 0 Å². The molecule has 0 unspecified atom stereocenters. The van der Waals surface area contributed by atoms with Crippen LogP contribution in [0.2, 0.25) is 0 Å². The van der Waals surface area contributed by atoms with E-state index in [1.165, 1.54) is 23.5 Å². The van der Waals surface area contributed by atoms with Crippen molar-refractivity contribution >= 4 is 23.5 Å². The van der Waals surface area contributed by atoms with Crippen molar-refractivity contribution < 1.29 is 10.2 Å². The van der Waals surface area contributed by atoms with Gasteiger partial charge in [0.05, 0.1) is 19.8 Å². The monoisotopic (exact) mass is 427 g/mol. The molecule has 0 radical (unpaired) electrons. The molecular weight excluding hydrogens is 402 g/mol. The lowest BCUT2D eigenvalue weighted by Gasteiger charge is -2.14. The maximum atomic E-state index is 12.8. The second-order valence-electron chi connectivity index (χ2n) is 5.89. The molecule has 1 heterocycles. The van der Waals surface area contributed by atoms with E-state index in [4.69, 9.17) is 10.2 Å². The van der Waals surface area contributed by atoms with Gasteiger partial charge in [-0.05, 0) is 5.56 Å². The summed E-state index contributed by atoms with van der Waals surface area (Å²) in [6.45, 7) is 0.480. The van der Waals surface area contributed by atoms with E-state index in [1.54, 1.807) is 0 Å². The number of hydrogen-bond acceptors (Lipinski definition) is 7. The molecule has 0 aliphatic carbocycles. The summed E-state index contributed by atoms with van der Waals surface area (Å²) in [6, 6.07) is 9.14. The Morgan fingerprint density at radius 1 is 0.679 bits per heavy atom. The predicted octanol–water partition coefficient (Wildman–Crippen LogP) is -0.329. The molecule has 10 heteroatoms. The highest BCUT2D eigenvalue weighted by atomic mass is 32.2. The van der Waals surface area contributed by atoms with Crippen LogP contribution in [0, 0.1) is 0 Å². The number of benzene rings is 1. The summed E-state index contributed by atoms with van der Waals surface area (Å²) < 4.78 is 3.26. The first-order valence-electron chi connectivity index (χ1n) is 8.95. The number of nitrogens with zero attached hydrogens (tertiary/aromatic N) is 3. The minimum Gasteiger partial charge on any atom is -0.396 e. The Kier molecular flexibility index (Phi) is 9.62. The van der Waals surface area contributed by atoms with Crippen LogP contribution in [0.5, 0.6) is 0 Å². The van der Waals surface area contributed by atoms with E-state index in [9.17, 15) is 14.4 Å². The number of aliphatic hydroxyl groups excluding tert-OH is 2. The predicted molar refractivity (Wildman–Crippen MR) is 114 cm³/mol. The number of aromatic nitrogens is 3. The van der Waals surface area contributed by atoms with E-state index < -0.39 is 17.1 Å². The maximum Gasteiger partial charge on any atom is 0.336 e. The number of rotatable bonds is 12. The second kappa shape index (κ2) is 11.9. The van der Waals surface area contributed by atoms with Gasteiger partial charge < -0.3 is 10.2 Å². The molecule has 1 aromatic heterocycles. The zero-order chi connectivity index (χ0) is 20.4. The van der Waals surface area contributed by atoms with Gasteiger partial charge in [-0.2, -0.15) is 23.5 Å². The molecule has 8 nitrogen and oxygen atoms in total. The Morgan fingerprint density at radius 2 is 1.14 bits per heavy atom. The van der Waals surface area contributed by atoms with Gasteiger partial charge in [0.1, 0.15) is 0 Å². The standard InChI is InChI=1S/C18H25N3O5S2/c22-8-12-27-10-6-19-16(24)20(7-11-28-13-9-23)18(26)21(17(19)25)14-15-4-2-1-3-5-15/h1-5,22-23H,6-14H2. The normalized spacial score (nSPS) is 11.1. The van der Waals surface area contributed by atoms with Gasteiger partial charge in [-0.25, -0.2) is 28.1 Å². The Bertz CT molecular complexity index is 858. The first-order chi connectivity index (χ1) is 13.6. The summed E-state index contributed by atoms with van der Waals surface area (Å²) >= 11 is 2.87. The summed E-state index contributed by atoms with van der Waals surface area (Å²) in [5, 5.41) is 17.8. The van der Waals surface area contributed by atoms with Crippen molar-refractivity contribution in [2.45, 2.75) is 19.6 Å². The van der Waals surface area contributed by atoms with Crippen molar-refractivity contribution in [1.29, 1.82) is 0 Å². The average molecular weight is 428 g/mol. The second-order valence-corrected chi connectivity index (χ2v) is 8.34. The van der Waals surface area contributed by atoms with Gasteiger partial charge in [-0.15, -0.1) is 0 Å². The van der Waals surface area contributed by atoms with Gasteiger partial charge in [0, 0.05) is 36.1 Å². The molecule has 0 spiro atoms. The van der Waals surface area contributed by atoms with Gasteiger partial charge in [0.2, 0.25) is 0 Å². The quantitative estimate of drug-likeness (QED) is 0.447. The largest absolute Gasteiger partial charge is 0.396 e. The van der Waals surface area contributed by atoms with Gasteiger partial charge in [0.15, 0.2) is 0 Å². The number of thioether (sulfide) groups is 2. The zero-order valence-electron chi connectivity index (χ0n) is 15.5. The van der Waals surface area contributed by atoms with Crippen LogP contribution in [-0.4, -0.2) is 60.1 Å². The first-order valence-corrected chi connectivity index (χ1v) is 11.3. The molecular formula is C18H25N3O5S2. The molecule has 0 aliphatic rings. The lowest BCUT2D eigenvalue weighted by atomic mass is 10.2. The van der Waals surface area contributed by atoms with Crippen LogP contribution >= 0.6 is 23.5 Å². The first kappa shape index (κ1) is 22.5. The molecule has 1 aromatic carbocycles. The van der Waals surface area contributed by atoms with Crippen LogP contribution < -0.4 is 17.1 Å². The molecule has 0 atom stereocenters. The maximum absolute atomic E-state index is 12.8. The highest BCUT2D eigenvalue weighted by Crippen LogP contribution is 2.01. The molecule has 0 aliphatic heterocycles. The van der Waals surface area contributed by atoms with Crippen molar-refractivity contribution in [3.8, 4) is 0 Å². The van der Waals surface area contributed by atoms with Gasteiger partial charge in [0.25, 0.3) is 0 Å². The van der Waals surface area contributed by atoms with Gasteiger partial charge >= 0.3 is 17.1 Å². The molecule has 0 amide bonds. The van der Waals surface area contributed by atoms with E-state index in [-0.39, 0.29) is 32.8 Å². The Balaban J connectivity index is 2.39. The minimum absolute atomic E-state index is 0.0272. The number of hydrogen-bond donors (Lipinski definition) is 2. The zero-order valence-corrected chi connectivity index (χ0v) is 17.2. The van der Waals surface area contributed by atoms with Crippen molar-refractivity contribution in [2.24, 2.45) is 0 Å². The van der Waals surface area contributed by atoms with E-state index in [1.807, 2.05) is 30.3 Å². The molecule has 0 saturated carbocycles. The van der Waals surface area contributed by atoms with E-state index in [0.717, 1.165) is 19.3 Å². The molecule has 2 rings (SSSR count). The molecule has 0 bridgehead atoms. The molecule has 0 saturated heterocycles. The number of aliphatic hydroxyl groups is 2. The van der Waals surface area contributed by atoms with Crippen LogP contribution in [0.15, 0.2) is 44.7 Å². The van der Waals surface area contributed by atoms with Crippen LogP contribution in [0.1, 0.15) is 5.56 Å². The van der Waals surface area contributed by atoms with Crippen molar-refractivity contribution in [3.05, 3.63) is 67.3 Å². The van der Waals surface area contributed by atoms with Crippen molar-refractivity contribution in [1.82, 2.24) is 13.7 Å². The Hall–Kier alpha value is -1.75. The van der Waals surface area contributed by atoms with Crippen LogP contribution in [0.4, 0.5) is 0 Å². The third-order valence-electron chi connectivity index (χ3n) is 3.96. The smallest absolute Gasteiger partial charge is 0.336 e. The summed E-state index contributed by atoms with van der Waals surface area (Å²) in [5.74, 6) is 2.01. The molecule has 0 fully saturated rings. The summed E-state index contributed by atoms with van der Waals surface area (Å²) in [5.41, 5.74) is -1.07. The fourth-order valence-corrected chi connectivity index (χ4v) is 3.90. The highest BCUT2D eigenvalue weighted by molar-refractivity contribution is 7.99. The van der Waals surface area contributed by atoms with Crippen LogP contribution in [-0.2, 0) is 19.6 Å². The van der Waals surface area contributed by atoms with Crippen LogP contribution in [0.3, 0.4) is 0 Å². The fraction of sp³-hybridized carbons (Fsp3) is 0.500. The highest BCUT2D eigenvalue weighted by Gasteiger charge is 2.15. The summed E-state index contributed by atoms with van der Waals surface area (Å²) in [7, 11) is 0. The topological polar surface area (TPSA) is 106 Å². The average Bonchev–Trinajstić information content (AvgIpc) is 2.71. The third kappa shape index (κ3) is 6.13. The van der Waals surface area contributed by atoms with E-state index >= 15 is 0 Å². The SMILES string of the molecule is O=c1n(CCSCCO)c(=O)n(Cc2ccccc2)c(=O)n1CCSCCO. The Labute approximate surface area is 170 Å². The molecule has 28 heavy (non-hydrogen) atoms. The molecule has 2 aromatic rings. The Morgan fingerprint density at radius 3 is 1.61 bits per heavy atom. The van der Waals surface area contributed by atoms with E-state index in [2.05, 4.69) is 0 Å². The van der Waals surface area contributed by atoms with Crippen molar-refractivity contribution in [3.63, 3.8) is 0 Å². The van der Waals surface area contributed by atoms with Crippen molar-refractivity contribution in [2.75, 3.05) is 36.2 Å². The molecule has 154 valence electrons. The lowest BCUT2D eigenvalue weighted by Crippen LogP contribution is -2.55. The van der Waals surface area contributed by atoms with E-state index in [0.29, 0.717) is 23.0 Å². The summed E-state index contributed by atoms with van der Waals surface area (Å²) in [6.07, 6.45) is 0. The van der Waals surface area contributed by atoms with Crippen LogP contribution in [0.25, 0.3) is 0 Å².